The zero-order valence-corrected chi connectivity index (χ0v) is 11.8. The monoisotopic (exact) mass is 289 g/mol. The van der Waals surface area contributed by atoms with Gasteiger partial charge in [-0.2, -0.15) is 0 Å². The Hall–Kier alpha value is -1.85. The minimum Gasteiger partial charge on any atom is -0.475 e. The second kappa shape index (κ2) is 6.28. The molecule has 0 spiro atoms. The van der Waals surface area contributed by atoms with E-state index in [4.69, 9.17) is 9.15 Å². The van der Waals surface area contributed by atoms with Gasteiger partial charge in [0, 0.05) is 17.0 Å². The molecule has 2 heterocycles. The highest BCUT2D eigenvalue weighted by Crippen LogP contribution is 2.26. The molecule has 2 aromatic rings. The van der Waals surface area contributed by atoms with Gasteiger partial charge in [-0.1, -0.05) is 24.6 Å². The molecule has 1 saturated heterocycles. The van der Waals surface area contributed by atoms with E-state index in [0.717, 1.165) is 18.4 Å². The number of carboxylic acids is 1. The zero-order chi connectivity index (χ0) is 14.7. The molecule has 2 N–H and O–H groups in total. The molecule has 0 saturated carbocycles. The highest BCUT2D eigenvalue weighted by Gasteiger charge is 2.20. The maximum Gasteiger partial charge on any atom is 0.372 e. The van der Waals surface area contributed by atoms with Crippen LogP contribution in [0.25, 0.3) is 11.0 Å². The van der Waals surface area contributed by atoms with Crippen molar-refractivity contribution in [1.82, 2.24) is 5.32 Å². The molecule has 1 aromatic heterocycles. The number of hydrogen-bond donors (Lipinski definition) is 2. The van der Waals surface area contributed by atoms with Crippen LogP contribution in [0.1, 0.15) is 35.4 Å². The first kappa shape index (κ1) is 14.1. The summed E-state index contributed by atoms with van der Waals surface area (Å²) in [5.41, 5.74) is 1.21. The molecular weight excluding hydrogens is 270 g/mol. The molecule has 0 radical (unpaired) electrons. The predicted molar refractivity (Wildman–Crippen MR) is 78.5 cm³/mol. The van der Waals surface area contributed by atoms with E-state index < -0.39 is 5.97 Å². The fourth-order valence-electron chi connectivity index (χ4n) is 2.78. The van der Waals surface area contributed by atoms with Crippen molar-refractivity contribution in [2.75, 3.05) is 13.2 Å². The number of rotatable bonds is 5. The molecule has 1 fully saturated rings. The van der Waals surface area contributed by atoms with E-state index in [-0.39, 0.29) is 12.4 Å². The summed E-state index contributed by atoms with van der Waals surface area (Å²) in [6.07, 6.45) is 3.54. The molecule has 1 aromatic carbocycles. The normalized spacial score (nSPS) is 19.0. The van der Waals surface area contributed by atoms with Crippen LogP contribution in [-0.4, -0.2) is 30.3 Å². The van der Waals surface area contributed by atoms with Gasteiger partial charge in [0.05, 0.1) is 13.2 Å². The molecule has 1 aliphatic heterocycles. The maximum absolute atomic E-state index is 11.3. The van der Waals surface area contributed by atoms with Gasteiger partial charge >= 0.3 is 5.97 Å². The average molecular weight is 289 g/mol. The highest BCUT2D eigenvalue weighted by molar-refractivity contribution is 5.94. The van der Waals surface area contributed by atoms with E-state index in [1.165, 1.54) is 12.8 Å². The quantitative estimate of drug-likeness (QED) is 0.885. The summed E-state index contributed by atoms with van der Waals surface area (Å²) in [4.78, 5) is 11.3. The molecule has 3 rings (SSSR count). The smallest absolute Gasteiger partial charge is 0.372 e. The topological polar surface area (TPSA) is 71.7 Å². The van der Waals surface area contributed by atoms with E-state index in [1.54, 1.807) is 6.07 Å². The van der Waals surface area contributed by atoms with Crippen LogP contribution in [0.2, 0.25) is 0 Å². The largest absolute Gasteiger partial charge is 0.475 e. The van der Waals surface area contributed by atoms with Gasteiger partial charge in [0.1, 0.15) is 5.58 Å². The minimum atomic E-state index is -1.06. The van der Waals surface area contributed by atoms with Gasteiger partial charge in [-0.25, -0.2) is 4.79 Å². The summed E-state index contributed by atoms with van der Waals surface area (Å²) in [6.45, 7) is 1.89. The van der Waals surface area contributed by atoms with E-state index >= 15 is 0 Å². The number of hydrogen-bond acceptors (Lipinski definition) is 4. The van der Waals surface area contributed by atoms with Crippen molar-refractivity contribution in [2.45, 2.75) is 31.9 Å². The first-order valence-corrected chi connectivity index (χ1v) is 7.30. The molecule has 1 unspecified atom stereocenters. The molecule has 5 heteroatoms. The number of carbonyl (C=O) groups is 1. The minimum absolute atomic E-state index is 0.0206. The number of benzene rings is 1. The third-order valence-electron chi connectivity index (χ3n) is 3.87. The predicted octanol–water partition coefficient (Wildman–Crippen LogP) is 2.79. The Balaban J connectivity index is 1.72. The Bertz CT molecular complexity index is 628. The Kier molecular flexibility index (Phi) is 4.22. The van der Waals surface area contributed by atoms with Crippen LogP contribution in [0.15, 0.2) is 28.7 Å². The fraction of sp³-hybridized carbons (Fsp3) is 0.438. The van der Waals surface area contributed by atoms with Gasteiger partial charge in [0.25, 0.3) is 0 Å². The zero-order valence-electron chi connectivity index (χ0n) is 11.8. The van der Waals surface area contributed by atoms with Crippen LogP contribution in [0.5, 0.6) is 0 Å². The van der Waals surface area contributed by atoms with Crippen LogP contribution in [0, 0.1) is 0 Å². The van der Waals surface area contributed by atoms with Gasteiger partial charge in [-0.05, 0) is 25.5 Å². The summed E-state index contributed by atoms with van der Waals surface area (Å²) >= 11 is 0. The number of fused-ring (bicyclic) bond motifs is 1. The van der Waals surface area contributed by atoms with Crippen molar-refractivity contribution in [3.63, 3.8) is 0 Å². The third kappa shape index (κ3) is 3.09. The molecule has 5 nitrogen and oxygen atoms in total. The second-order valence-corrected chi connectivity index (χ2v) is 5.37. The number of piperidine rings is 1. The molecule has 21 heavy (non-hydrogen) atoms. The number of ether oxygens (including phenoxy) is 1. The number of nitrogens with one attached hydrogen (secondary N) is 1. The lowest BCUT2D eigenvalue weighted by atomic mass is 10.1. The number of furan rings is 1. The van der Waals surface area contributed by atoms with Crippen LogP contribution in [0.3, 0.4) is 0 Å². The van der Waals surface area contributed by atoms with Crippen LogP contribution < -0.4 is 5.32 Å². The average Bonchev–Trinajstić information content (AvgIpc) is 2.88. The van der Waals surface area contributed by atoms with Crippen molar-refractivity contribution in [3.05, 3.63) is 35.6 Å². The summed E-state index contributed by atoms with van der Waals surface area (Å²) < 4.78 is 11.1. The lowest BCUT2D eigenvalue weighted by Crippen LogP contribution is -2.37. The van der Waals surface area contributed by atoms with Crippen molar-refractivity contribution >= 4 is 16.9 Å². The highest BCUT2D eigenvalue weighted by atomic mass is 16.5. The Morgan fingerprint density at radius 3 is 3.00 bits per heavy atom. The van der Waals surface area contributed by atoms with Crippen molar-refractivity contribution < 1.29 is 19.1 Å². The lowest BCUT2D eigenvalue weighted by molar-refractivity contribution is 0.0644. The maximum atomic E-state index is 11.3. The number of para-hydroxylation sites is 1. The molecule has 0 amide bonds. The van der Waals surface area contributed by atoms with E-state index in [1.807, 2.05) is 18.2 Å². The van der Waals surface area contributed by atoms with Gasteiger partial charge in [-0.3, -0.25) is 0 Å². The van der Waals surface area contributed by atoms with Gasteiger partial charge < -0.3 is 19.6 Å². The first-order valence-electron chi connectivity index (χ1n) is 7.30. The lowest BCUT2D eigenvalue weighted by Gasteiger charge is -2.23. The molecule has 0 bridgehead atoms. The van der Waals surface area contributed by atoms with Crippen LogP contribution in [-0.2, 0) is 11.3 Å². The van der Waals surface area contributed by atoms with E-state index in [9.17, 15) is 9.90 Å². The Labute approximate surface area is 122 Å². The molecular formula is C16H19NO4. The summed E-state index contributed by atoms with van der Waals surface area (Å²) in [5, 5.41) is 13.5. The van der Waals surface area contributed by atoms with Crippen molar-refractivity contribution in [1.29, 1.82) is 0 Å². The Morgan fingerprint density at radius 2 is 2.24 bits per heavy atom. The molecule has 1 atom stereocenters. The van der Waals surface area contributed by atoms with Crippen molar-refractivity contribution in [3.8, 4) is 0 Å². The standard InChI is InChI=1S/C16H19NO4/c18-16(19)15-13(12-6-1-2-7-14(12)21-15)10-20-9-11-5-3-4-8-17-11/h1-2,6-7,11,17H,3-5,8-10H2,(H,18,19). The second-order valence-electron chi connectivity index (χ2n) is 5.37. The molecule has 1 aliphatic rings. The van der Waals surface area contributed by atoms with E-state index in [2.05, 4.69) is 5.32 Å². The third-order valence-corrected chi connectivity index (χ3v) is 3.87. The van der Waals surface area contributed by atoms with Gasteiger partial charge in [0.2, 0.25) is 5.76 Å². The summed E-state index contributed by atoms with van der Waals surface area (Å²) in [7, 11) is 0. The van der Waals surface area contributed by atoms with Gasteiger partial charge in [-0.15, -0.1) is 0 Å². The summed E-state index contributed by atoms with van der Waals surface area (Å²) in [5.74, 6) is -1.08. The number of aromatic carboxylic acids is 1. The fourth-order valence-corrected chi connectivity index (χ4v) is 2.78. The van der Waals surface area contributed by atoms with Crippen LogP contribution in [0.4, 0.5) is 0 Å². The van der Waals surface area contributed by atoms with Gasteiger partial charge in [0.15, 0.2) is 0 Å². The Morgan fingerprint density at radius 1 is 1.38 bits per heavy atom. The molecule has 112 valence electrons. The summed E-state index contributed by atoms with van der Waals surface area (Å²) in [6, 6.07) is 7.70. The van der Waals surface area contributed by atoms with E-state index in [0.29, 0.717) is 23.8 Å². The SMILES string of the molecule is O=C(O)c1oc2ccccc2c1COCC1CCCCN1. The van der Waals surface area contributed by atoms with Crippen LogP contribution >= 0.6 is 0 Å². The van der Waals surface area contributed by atoms with Crippen molar-refractivity contribution in [2.24, 2.45) is 0 Å². The first-order chi connectivity index (χ1) is 10.3. The molecule has 0 aliphatic carbocycles. The number of carboxylic acid groups (broad SMARTS) is 1.